The third-order valence-corrected chi connectivity index (χ3v) is 7.57. The van der Waals surface area contributed by atoms with Crippen molar-refractivity contribution in [3.05, 3.63) is 65.0 Å². The molecule has 4 rings (SSSR count). The highest BCUT2D eigenvalue weighted by atomic mass is 32.2. The Hall–Kier alpha value is -1.76. The molecule has 2 fully saturated rings. The fraction of sp³-hybridized carbons (Fsp3) is 0.400. The van der Waals surface area contributed by atoms with Crippen LogP contribution in [0.5, 0.6) is 0 Å². The zero-order valence-corrected chi connectivity index (χ0v) is 15.8. The van der Waals surface area contributed by atoms with Crippen molar-refractivity contribution in [2.75, 3.05) is 19.6 Å². The van der Waals surface area contributed by atoms with Crippen LogP contribution in [0, 0.1) is 31.5 Å². The zero-order chi connectivity index (χ0) is 18.5. The Morgan fingerprint density at radius 2 is 1.88 bits per heavy atom. The molecule has 0 saturated carbocycles. The third kappa shape index (κ3) is 2.76. The van der Waals surface area contributed by atoms with Gasteiger partial charge in [-0.3, -0.25) is 0 Å². The average Bonchev–Trinajstić information content (AvgIpc) is 3.19. The molecule has 2 saturated heterocycles. The molecule has 0 amide bonds. The molecular formula is C20H23FN2O2S. The summed E-state index contributed by atoms with van der Waals surface area (Å²) in [6.07, 6.45) is 0. The molecule has 0 bridgehead atoms. The van der Waals surface area contributed by atoms with Crippen molar-refractivity contribution in [1.29, 1.82) is 0 Å². The van der Waals surface area contributed by atoms with E-state index in [0.717, 1.165) is 29.8 Å². The molecule has 0 radical (unpaired) electrons. The number of hydrogen-bond donors (Lipinski definition) is 1. The van der Waals surface area contributed by atoms with Gasteiger partial charge >= 0.3 is 0 Å². The van der Waals surface area contributed by atoms with Gasteiger partial charge in [0.05, 0.1) is 6.04 Å². The summed E-state index contributed by atoms with van der Waals surface area (Å²) in [4.78, 5) is -0.219. The number of halogens is 1. The summed E-state index contributed by atoms with van der Waals surface area (Å²) in [6, 6.07) is 11.9. The molecular weight excluding hydrogens is 351 g/mol. The van der Waals surface area contributed by atoms with E-state index in [0.29, 0.717) is 6.54 Å². The molecule has 0 spiro atoms. The third-order valence-electron chi connectivity index (χ3n) is 5.70. The first-order valence-electron chi connectivity index (χ1n) is 8.94. The Morgan fingerprint density at radius 3 is 2.65 bits per heavy atom. The first-order chi connectivity index (χ1) is 12.4. The number of sulfonamides is 1. The average molecular weight is 374 g/mol. The minimum Gasteiger partial charge on any atom is -0.316 e. The van der Waals surface area contributed by atoms with Crippen LogP contribution in [-0.4, -0.2) is 32.4 Å². The highest BCUT2D eigenvalue weighted by molar-refractivity contribution is 7.89. The molecule has 2 aromatic rings. The van der Waals surface area contributed by atoms with Crippen molar-refractivity contribution < 1.29 is 12.8 Å². The van der Waals surface area contributed by atoms with Crippen molar-refractivity contribution in [1.82, 2.24) is 9.62 Å². The van der Waals surface area contributed by atoms with Gasteiger partial charge < -0.3 is 5.32 Å². The minimum atomic E-state index is -3.92. The van der Waals surface area contributed by atoms with E-state index in [1.807, 2.05) is 31.2 Å². The van der Waals surface area contributed by atoms with E-state index in [4.69, 9.17) is 0 Å². The van der Waals surface area contributed by atoms with Gasteiger partial charge in [-0.25, -0.2) is 12.8 Å². The zero-order valence-electron chi connectivity index (χ0n) is 14.9. The lowest BCUT2D eigenvalue weighted by Gasteiger charge is -2.29. The molecule has 26 heavy (non-hydrogen) atoms. The van der Waals surface area contributed by atoms with E-state index >= 15 is 0 Å². The van der Waals surface area contributed by atoms with Gasteiger partial charge in [0.15, 0.2) is 0 Å². The molecule has 2 heterocycles. The van der Waals surface area contributed by atoms with E-state index in [1.165, 1.54) is 16.4 Å². The number of hydrogen-bond acceptors (Lipinski definition) is 3. The summed E-state index contributed by atoms with van der Waals surface area (Å²) in [6.45, 7) is 5.79. The van der Waals surface area contributed by atoms with E-state index in [9.17, 15) is 12.8 Å². The molecule has 4 nitrogen and oxygen atoms in total. The van der Waals surface area contributed by atoms with Crippen molar-refractivity contribution in [3.8, 4) is 0 Å². The number of benzene rings is 2. The maximum Gasteiger partial charge on any atom is 0.246 e. The van der Waals surface area contributed by atoms with Crippen LogP contribution in [0.4, 0.5) is 4.39 Å². The van der Waals surface area contributed by atoms with Crippen molar-refractivity contribution in [3.63, 3.8) is 0 Å². The van der Waals surface area contributed by atoms with E-state index in [2.05, 4.69) is 5.32 Å². The van der Waals surface area contributed by atoms with E-state index in [-0.39, 0.29) is 22.8 Å². The quantitative estimate of drug-likeness (QED) is 0.898. The molecule has 138 valence electrons. The number of aryl methyl sites for hydroxylation is 2. The maximum atomic E-state index is 14.4. The molecule has 3 atom stereocenters. The van der Waals surface area contributed by atoms with Gasteiger partial charge in [0.2, 0.25) is 10.0 Å². The predicted octanol–water partition coefficient (Wildman–Crippen LogP) is 3.02. The standard InChI is InChI=1S/C20H23FN2O2S/c1-13-7-8-18(21)19(9-13)26(24,25)23-12-15-10-22-11-17(15)20(23)16-6-4-3-5-14(16)2/h3-9,15,17,20,22H,10-12H2,1-2H3/t15-,17-,20-/m0/s1. The van der Waals surface area contributed by atoms with Crippen LogP contribution in [0.25, 0.3) is 0 Å². The fourth-order valence-corrected chi connectivity index (χ4v) is 6.23. The highest BCUT2D eigenvalue weighted by Crippen LogP contribution is 2.46. The smallest absolute Gasteiger partial charge is 0.246 e. The number of nitrogens with zero attached hydrogens (tertiary/aromatic N) is 1. The Kier molecular flexibility index (Phi) is 4.37. The topological polar surface area (TPSA) is 49.4 Å². The van der Waals surface area contributed by atoms with Crippen molar-refractivity contribution in [2.45, 2.75) is 24.8 Å². The molecule has 0 aliphatic carbocycles. The first-order valence-corrected chi connectivity index (χ1v) is 10.4. The van der Waals surface area contributed by atoms with E-state index in [1.54, 1.807) is 13.0 Å². The second-order valence-corrected chi connectivity index (χ2v) is 9.25. The summed E-state index contributed by atoms with van der Waals surface area (Å²) in [7, 11) is -3.92. The van der Waals surface area contributed by atoms with Crippen LogP contribution in [0.15, 0.2) is 47.4 Å². The minimum absolute atomic E-state index is 0.207. The van der Waals surface area contributed by atoms with Gasteiger partial charge in [0.1, 0.15) is 10.7 Å². The molecule has 2 aliphatic heterocycles. The summed E-state index contributed by atoms with van der Waals surface area (Å²) in [5.41, 5.74) is 2.81. The van der Waals surface area contributed by atoms with Crippen LogP contribution in [-0.2, 0) is 10.0 Å². The Balaban J connectivity index is 1.83. The molecule has 6 heteroatoms. The summed E-state index contributed by atoms with van der Waals surface area (Å²) in [5.74, 6) is -0.227. The van der Waals surface area contributed by atoms with Crippen LogP contribution in [0.3, 0.4) is 0 Å². The predicted molar refractivity (Wildman–Crippen MR) is 98.8 cm³/mol. The fourth-order valence-electron chi connectivity index (χ4n) is 4.37. The van der Waals surface area contributed by atoms with Crippen LogP contribution in [0.2, 0.25) is 0 Å². The molecule has 0 aromatic heterocycles. The second kappa shape index (κ2) is 6.44. The molecule has 2 aromatic carbocycles. The summed E-state index contributed by atoms with van der Waals surface area (Å²) >= 11 is 0. The van der Waals surface area contributed by atoms with Gasteiger partial charge in [-0.2, -0.15) is 4.31 Å². The molecule has 1 N–H and O–H groups in total. The van der Waals surface area contributed by atoms with Gasteiger partial charge in [-0.1, -0.05) is 30.3 Å². The monoisotopic (exact) mass is 374 g/mol. The number of fused-ring (bicyclic) bond motifs is 1. The normalized spacial score (nSPS) is 26.2. The van der Waals surface area contributed by atoms with Gasteiger partial charge in [-0.15, -0.1) is 0 Å². The maximum absolute atomic E-state index is 14.4. The van der Waals surface area contributed by atoms with Crippen LogP contribution in [0.1, 0.15) is 22.7 Å². The van der Waals surface area contributed by atoms with Gasteiger partial charge in [-0.05, 0) is 61.1 Å². The Labute approximate surface area is 154 Å². The van der Waals surface area contributed by atoms with Crippen molar-refractivity contribution in [2.24, 2.45) is 11.8 Å². The van der Waals surface area contributed by atoms with E-state index < -0.39 is 15.8 Å². The molecule has 0 unspecified atom stereocenters. The lowest BCUT2D eigenvalue weighted by molar-refractivity contribution is 0.343. The van der Waals surface area contributed by atoms with Crippen molar-refractivity contribution >= 4 is 10.0 Å². The largest absolute Gasteiger partial charge is 0.316 e. The van der Waals surface area contributed by atoms with Crippen LogP contribution >= 0.6 is 0 Å². The summed E-state index contributed by atoms with van der Waals surface area (Å²) < 4.78 is 42.7. The first kappa shape index (κ1) is 17.6. The second-order valence-electron chi connectivity index (χ2n) is 7.39. The van der Waals surface area contributed by atoms with Gasteiger partial charge in [0, 0.05) is 13.1 Å². The SMILES string of the molecule is Cc1ccc(F)c(S(=O)(=O)N2C[C@@H]3CNC[C@@H]3[C@@H]2c2ccccc2C)c1. The van der Waals surface area contributed by atoms with Gasteiger partial charge in [0.25, 0.3) is 0 Å². The number of nitrogens with one attached hydrogen (secondary N) is 1. The highest BCUT2D eigenvalue weighted by Gasteiger charge is 2.50. The lowest BCUT2D eigenvalue weighted by Crippen LogP contribution is -2.35. The lowest BCUT2D eigenvalue weighted by atomic mass is 9.88. The van der Waals surface area contributed by atoms with Crippen LogP contribution < -0.4 is 5.32 Å². The summed E-state index contributed by atoms with van der Waals surface area (Å²) in [5, 5.41) is 3.38. The Bertz CT molecular complexity index is 945. The molecule has 2 aliphatic rings. The number of rotatable bonds is 3. The Morgan fingerprint density at radius 1 is 1.12 bits per heavy atom.